The van der Waals surface area contributed by atoms with E-state index >= 15 is 0 Å². The molecule has 3 aromatic rings. The van der Waals surface area contributed by atoms with Crippen molar-refractivity contribution in [1.29, 1.82) is 0 Å². The summed E-state index contributed by atoms with van der Waals surface area (Å²) in [5.74, 6) is -2.66. The monoisotopic (exact) mass is 375 g/mol. The summed E-state index contributed by atoms with van der Waals surface area (Å²) in [4.78, 5) is 44.2. The van der Waals surface area contributed by atoms with Gasteiger partial charge in [0.2, 0.25) is 0 Å². The van der Waals surface area contributed by atoms with Crippen molar-refractivity contribution >= 4 is 17.5 Å². The zero-order chi connectivity index (χ0) is 19.8. The molecule has 1 aromatic heterocycles. The molecule has 1 aliphatic heterocycles. The third kappa shape index (κ3) is 2.77. The molecule has 2 N–H and O–H groups in total. The molecular formula is C21H17N3O4. The minimum atomic E-state index is -1.07. The van der Waals surface area contributed by atoms with Crippen molar-refractivity contribution in [1.82, 2.24) is 9.55 Å². The number of aliphatic carboxylic acids is 1. The van der Waals surface area contributed by atoms with Crippen LogP contribution in [-0.4, -0.2) is 26.3 Å². The molecule has 0 saturated carbocycles. The first-order chi connectivity index (χ1) is 13.5. The topological polar surface area (TPSA) is 105 Å². The number of hydrogen-bond donors (Lipinski definition) is 2. The van der Waals surface area contributed by atoms with E-state index in [0.717, 1.165) is 0 Å². The molecule has 0 spiro atoms. The fourth-order valence-corrected chi connectivity index (χ4v) is 3.73. The molecule has 2 atom stereocenters. The Bertz CT molecular complexity index is 1190. The molecule has 2 heterocycles. The van der Waals surface area contributed by atoms with Crippen LogP contribution in [0.4, 0.5) is 5.82 Å². The molecule has 0 bridgehead atoms. The van der Waals surface area contributed by atoms with Gasteiger partial charge in [0, 0.05) is 11.6 Å². The van der Waals surface area contributed by atoms with Crippen LogP contribution in [0.3, 0.4) is 0 Å². The summed E-state index contributed by atoms with van der Waals surface area (Å²) in [7, 11) is 0. The van der Waals surface area contributed by atoms with Gasteiger partial charge >= 0.3 is 11.7 Å². The molecular weight excluding hydrogens is 358 g/mol. The van der Waals surface area contributed by atoms with E-state index < -0.39 is 29.1 Å². The number of carbonyl (C=O) groups is 1. The summed E-state index contributed by atoms with van der Waals surface area (Å²) in [6, 6.07) is 17.8. The average molecular weight is 375 g/mol. The van der Waals surface area contributed by atoms with Crippen LogP contribution in [-0.2, 0) is 4.79 Å². The maximum Gasteiger partial charge on any atom is 0.334 e. The number of hydrogen-bond acceptors (Lipinski definition) is 4. The Morgan fingerprint density at radius 1 is 1.04 bits per heavy atom. The molecule has 28 heavy (non-hydrogen) atoms. The number of fused-ring (bicyclic) bond motifs is 1. The predicted molar refractivity (Wildman–Crippen MR) is 105 cm³/mol. The summed E-state index contributed by atoms with van der Waals surface area (Å²) in [5.41, 5.74) is 0.484. The molecule has 0 radical (unpaired) electrons. The van der Waals surface area contributed by atoms with Gasteiger partial charge in [-0.25, -0.2) is 14.4 Å². The first kappa shape index (κ1) is 17.7. The van der Waals surface area contributed by atoms with E-state index in [1.807, 2.05) is 12.1 Å². The normalized spacial score (nSPS) is 18.2. The second-order valence-corrected chi connectivity index (χ2v) is 6.62. The Labute approximate surface area is 159 Å². The van der Waals surface area contributed by atoms with Crippen LogP contribution in [0.5, 0.6) is 0 Å². The second kappa shape index (κ2) is 6.77. The lowest BCUT2D eigenvalue weighted by Crippen LogP contribution is -2.40. The third-order valence-corrected chi connectivity index (χ3v) is 4.94. The minimum absolute atomic E-state index is 0.170. The number of carboxylic acids is 1. The Balaban J connectivity index is 2.10. The molecule has 0 fully saturated rings. The number of aromatic nitrogens is 2. The van der Waals surface area contributed by atoms with Crippen LogP contribution in [0.1, 0.15) is 24.0 Å². The quantitative estimate of drug-likeness (QED) is 0.734. The fourth-order valence-electron chi connectivity index (χ4n) is 3.73. The van der Waals surface area contributed by atoms with Crippen molar-refractivity contribution in [2.45, 2.75) is 12.8 Å². The second-order valence-electron chi connectivity index (χ2n) is 6.62. The molecule has 4 rings (SSSR count). The Hall–Kier alpha value is -3.74. The van der Waals surface area contributed by atoms with Crippen LogP contribution in [0.15, 0.2) is 75.2 Å². The standard InChI is InChI=1S/C21H17N3O4/c1-12-15(20(26)27)16(13-8-4-2-5-9-13)17-18(22-12)24(21(28)23-19(17)25)14-10-6-3-7-11-14/h2-11,15-16H,1H3,(H,26,27)(H,23,25,28). The van der Waals surface area contributed by atoms with Crippen LogP contribution in [0.25, 0.3) is 5.69 Å². The maximum atomic E-state index is 12.8. The van der Waals surface area contributed by atoms with Gasteiger partial charge < -0.3 is 5.11 Å². The van der Waals surface area contributed by atoms with E-state index in [-0.39, 0.29) is 11.4 Å². The first-order valence-electron chi connectivity index (χ1n) is 8.76. The minimum Gasteiger partial charge on any atom is -0.481 e. The van der Waals surface area contributed by atoms with Gasteiger partial charge in [-0.05, 0) is 24.6 Å². The Morgan fingerprint density at radius 2 is 1.64 bits per heavy atom. The highest BCUT2D eigenvalue weighted by molar-refractivity contribution is 6.04. The number of H-pyrrole nitrogens is 1. The summed E-state index contributed by atoms with van der Waals surface area (Å²) in [6.45, 7) is 1.61. The number of nitrogens with one attached hydrogen (secondary N) is 1. The average Bonchev–Trinajstić information content (AvgIpc) is 2.68. The first-order valence-corrected chi connectivity index (χ1v) is 8.76. The van der Waals surface area contributed by atoms with Crippen molar-refractivity contribution in [3.8, 4) is 5.69 Å². The molecule has 0 aliphatic carbocycles. The third-order valence-electron chi connectivity index (χ3n) is 4.94. The van der Waals surface area contributed by atoms with E-state index in [1.54, 1.807) is 55.5 Å². The maximum absolute atomic E-state index is 12.8. The van der Waals surface area contributed by atoms with Gasteiger partial charge in [-0.3, -0.25) is 14.6 Å². The highest BCUT2D eigenvalue weighted by Crippen LogP contribution is 2.40. The summed E-state index contributed by atoms with van der Waals surface area (Å²) >= 11 is 0. The van der Waals surface area contributed by atoms with Gasteiger partial charge in [0.1, 0.15) is 5.92 Å². The van der Waals surface area contributed by atoms with Crippen LogP contribution < -0.4 is 11.2 Å². The predicted octanol–water partition coefficient (Wildman–Crippen LogP) is 2.46. The number of aromatic amines is 1. The van der Waals surface area contributed by atoms with E-state index in [9.17, 15) is 19.5 Å². The van der Waals surface area contributed by atoms with Crippen molar-refractivity contribution in [2.24, 2.45) is 10.9 Å². The molecule has 1 aliphatic rings. The SMILES string of the molecule is CC1=Nc2c(c(=O)[nH]c(=O)n2-c2ccccc2)C(c2ccccc2)C1C(=O)O. The molecule has 0 saturated heterocycles. The molecule has 7 heteroatoms. The number of para-hydroxylation sites is 1. The molecule has 7 nitrogen and oxygen atoms in total. The van der Waals surface area contributed by atoms with Crippen molar-refractivity contribution in [2.75, 3.05) is 0 Å². The molecule has 140 valence electrons. The van der Waals surface area contributed by atoms with E-state index in [2.05, 4.69) is 9.98 Å². The lowest BCUT2D eigenvalue weighted by atomic mass is 9.77. The molecule has 2 aromatic carbocycles. The Kier molecular flexibility index (Phi) is 4.27. The van der Waals surface area contributed by atoms with Crippen LogP contribution in [0, 0.1) is 5.92 Å². The largest absolute Gasteiger partial charge is 0.481 e. The van der Waals surface area contributed by atoms with Gasteiger partial charge in [-0.1, -0.05) is 48.5 Å². The van der Waals surface area contributed by atoms with Gasteiger partial charge in [0.05, 0.1) is 11.3 Å². The number of aliphatic imine (C=N–C) groups is 1. The van der Waals surface area contributed by atoms with Crippen molar-refractivity contribution < 1.29 is 9.90 Å². The highest BCUT2D eigenvalue weighted by Gasteiger charge is 2.40. The molecule has 2 unspecified atom stereocenters. The van der Waals surface area contributed by atoms with Gasteiger partial charge in [-0.2, -0.15) is 0 Å². The number of rotatable bonds is 3. The summed E-state index contributed by atoms with van der Waals surface area (Å²) in [6.07, 6.45) is 0. The fraction of sp³-hybridized carbons (Fsp3) is 0.143. The number of benzene rings is 2. The number of carboxylic acid groups (broad SMARTS) is 1. The summed E-state index contributed by atoms with van der Waals surface area (Å²) < 4.78 is 1.31. The van der Waals surface area contributed by atoms with Crippen LogP contribution >= 0.6 is 0 Å². The zero-order valence-electron chi connectivity index (χ0n) is 15.0. The Morgan fingerprint density at radius 3 is 2.25 bits per heavy atom. The van der Waals surface area contributed by atoms with E-state index in [0.29, 0.717) is 17.0 Å². The van der Waals surface area contributed by atoms with Crippen LogP contribution in [0.2, 0.25) is 0 Å². The van der Waals surface area contributed by atoms with Crippen molar-refractivity contribution in [3.05, 3.63) is 92.6 Å². The number of nitrogens with zero attached hydrogens (tertiary/aromatic N) is 2. The van der Waals surface area contributed by atoms with E-state index in [4.69, 9.17) is 0 Å². The summed E-state index contributed by atoms with van der Waals surface area (Å²) in [5, 5.41) is 9.84. The lowest BCUT2D eigenvalue weighted by molar-refractivity contribution is -0.139. The van der Waals surface area contributed by atoms with Crippen molar-refractivity contribution in [3.63, 3.8) is 0 Å². The van der Waals surface area contributed by atoms with Gasteiger partial charge in [0.25, 0.3) is 5.56 Å². The zero-order valence-corrected chi connectivity index (χ0v) is 15.0. The molecule has 0 amide bonds. The van der Waals surface area contributed by atoms with Gasteiger partial charge in [-0.15, -0.1) is 0 Å². The lowest BCUT2D eigenvalue weighted by Gasteiger charge is -2.30. The smallest absolute Gasteiger partial charge is 0.334 e. The van der Waals surface area contributed by atoms with Gasteiger partial charge in [0.15, 0.2) is 5.82 Å². The van der Waals surface area contributed by atoms with E-state index in [1.165, 1.54) is 4.57 Å². The highest BCUT2D eigenvalue weighted by atomic mass is 16.4.